The molecule has 1 saturated heterocycles. The summed E-state index contributed by atoms with van der Waals surface area (Å²) in [6.45, 7) is 8.29. The fourth-order valence-electron chi connectivity index (χ4n) is 3.97. The smallest absolute Gasteiger partial charge is 0.269 e. The highest BCUT2D eigenvalue weighted by molar-refractivity contribution is 5.94. The van der Waals surface area contributed by atoms with E-state index in [9.17, 15) is 20.2 Å². The number of hydrogen-bond acceptors (Lipinski definition) is 7. The van der Waals surface area contributed by atoms with Crippen molar-refractivity contribution in [3.63, 3.8) is 0 Å². The van der Waals surface area contributed by atoms with E-state index in [1.165, 1.54) is 29.8 Å². The molecule has 184 valence electrons. The summed E-state index contributed by atoms with van der Waals surface area (Å²) in [4.78, 5) is 31.0. The van der Waals surface area contributed by atoms with Crippen LogP contribution in [-0.2, 0) is 5.41 Å². The number of nitro groups is 1. The number of hydrogen-bond donors (Lipinski definition) is 0. The molecular weight excluding hydrogens is 458 g/mol. The summed E-state index contributed by atoms with van der Waals surface area (Å²) in [6, 6.07) is 15.9. The Labute approximate surface area is 209 Å². The monoisotopic (exact) mass is 485 g/mol. The first-order valence-corrected chi connectivity index (χ1v) is 11.6. The van der Waals surface area contributed by atoms with Crippen molar-refractivity contribution < 1.29 is 14.1 Å². The number of rotatable bonds is 5. The number of oxazole rings is 1. The molecule has 2 heterocycles. The number of aromatic nitrogens is 1. The lowest BCUT2D eigenvalue weighted by Gasteiger charge is -2.34. The lowest BCUT2D eigenvalue weighted by Crippen LogP contribution is -2.48. The van der Waals surface area contributed by atoms with Crippen molar-refractivity contribution in [3.8, 4) is 6.07 Å². The Morgan fingerprint density at radius 3 is 2.25 bits per heavy atom. The molecule has 2 aromatic carbocycles. The van der Waals surface area contributed by atoms with Gasteiger partial charge in [0.05, 0.1) is 4.92 Å². The second kappa shape index (κ2) is 10.0. The van der Waals surface area contributed by atoms with Gasteiger partial charge in [-0.15, -0.1) is 0 Å². The minimum absolute atomic E-state index is 0.0579. The highest BCUT2D eigenvalue weighted by Gasteiger charge is 2.26. The Morgan fingerprint density at radius 1 is 1.06 bits per heavy atom. The van der Waals surface area contributed by atoms with Crippen LogP contribution < -0.4 is 4.90 Å². The highest BCUT2D eigenvalue weighted by Crippen LogP contribution is 2.26. The van der Waals surface area contributed by atoms with Gasteiger partial charge in [-0.05, 0) is 34.8 Å². The summed E-state index contributed by atoms with van der Waals surface area (Å²) in [7, 11) is 0. The first-order valence-electron chi connectivity index (χ1n) is 11.6. The molecule has 1 aliphatic heterocycles. The fourth-order valence-corrected chi connectivity index (χ4v) is 3.97. The number of amides is 1. The second-order valence-electron chi connectivity index (χ2n) is 9.61. The topological polar surface area (TPSA) is 117 Å². The normalized spacial score (nSPS) is 14.2. The van der Waals surface area contributed by atoms with Crippen molar-refractivity contribution in [3.05, 3.63) is 86.9 Å². The van der Waals surface area contributed by atoms with E-state index in [1.54, 1.807) is 11.0 Å². The van der Waals surface area contributed by atoms with Crippen molar-refractivity contribution in [2.24, 2.45) is 0 Å². The third kappa shape index (κ3) is 5.44. The summed E-state index contributed by atoms with van der Waals surface area (Å²) in [6.07, 6.45) is 3.63. The molecule has 0 N–H and O–H groups in total. The van der Waals surface area contributed by atoms with Gasteiger partial charge in [-0.3, -0.25) is 14.9 Å². The van der Waals surface area contributed by atoms with Gasteiger partial charge in [0.2, 0.25) is 17.5 Å². The Kier molecular flexibility index (Phi) is 6.88. The van der Waals surface area contributed by atoms with Crippen molar-refractivity contribution in [2.45, 2.75) is 26.2 Å². The molecule has 3 aromatic rings. The molecule has 1 fully saturated rings. The van der Waals surface area contributed by atoms with Gasteiger partial charge in [0.25, 0.3) is 11.6 Å². The fraction of sp³-hybridized carbons (Fsp3) is 0.296. The molecule has 1 amide bonds. The van der Waals surface area contributed by atoms with Crippen molar-refractivity contribution in [2.75, 3.05) is 31.1 Å². The number of piperazine rings is 1. The number of carbonyl (C=O) groups is 1. The van der Waals surface area contributed by atoms with Gasteiger partial charge in [-0.2, -0.15) is 10.2 Å². The molecule has 0 bridgehead atoms. The highest BCUT2D eigenvalue weighted by atomic mass is 16.6. The maximum atomic E-state index is 12.8. The molecule has 0 aliphatic carbocycles. The van der Waals surface area contributed by atoms with Crippen LogP contribution in [0.5, 0.6) is 0 Å². The van der Waals surface area contributed by atoms with Gasteiger partial charge in [-0.1, -0.05) is 45.0 Å². The molecule has 0 spiro atoms. The van der Waals surface area contributed by atoms with Crippen LogP contribution in [0.15, 0.2) is 52.9 Å². The summed E-state index contributed by atoms with van der Waals surface area (Å²) in [5.41, 5.74) is 2.87. The first-order chi connectivity index (χ1) is 17.2. The van der Waals surface area contributed by atoms with Gasteiger partial charge in [0, 0.05) is 50.0 Å². The quantitative estimate of drug-likeness (QED) is 0.373. The largest absolute Gasteiger partial charge is 0.420 e. The number of nitriles is 1. The predicted molar refractivity (Wildman–Crippen MR) is 137 cm³/mol. The van der Waals surface area contributed by atoms with E-state index < -0.39 is 4.92 Å². The molecule has 9 nitrogen and oxygen atoms in total. The minimum atomic E-state index is -0.497. The molecule has 0 atom stereocenters. The van der Waals surface area contributed by atoms with Crippen LogP contribution in [0.3, 0.4) is 0 Å². The third-order valence-corrected chi connectivity index (χ3v) is 6.11. The van der Waals surface area contributed by atoms with E-state index in [4.69, 9.17) is 4.42 Å². The summed E-state index contributed by atoms with van der Waals surface area (Å²) >= 11 is 0. The summed E-state index contributed by atoms with van der Waals surface area (Å²) in [5, 5.41) is 20.4. The van der Waals surface area contributed by atoms with E-state index >= 15 is 0 Å². The number of benzene rings is 2. The average molecular weight is 486 g/mol. The maximum absolute atomic E-state index is 12.8. The molecule has 1 aliphatic rings. The van der Waals surface area contributed by atoms with E-state index in [0.717, 1.165) is 5.56 Å². The zero-order chi connectivity index (χ0) is 25.9. The van der Waals surface area contributed by atoms with Crippen molar-refractivity contribution in [1.82, 2.24) is 9.88 Å². The Balaban J connectivity index is 1.41. The minimum Gasteiger partial charge on any atom is -0.420 e. The summed E-state index contributed by atoms with van der Waals surface area (Å²) < 4.78 is 5.90. The van der Waals surface area contributed by atoms with Gasteiger partial charge in [-0.25, -0.2) is 0 Å². The number of carbonyl (C=O) groups excluding carboxylic acids is 1. The Hall–Kier alpha value is -4.45. The average Bonchev–Trinajstić information content (AvgIpc) is 3.30. The van der Waals surface area contributed by atoms with Crippen LogP contribution in [0, 0.1) is 21.4 Å². The predicted octanol–water partition coefficient (Wildman–Crippen LogP) is 4.88. The van der Waals surface area contributed by atoms with Crippen LogP contribution >= 0.6 is 0 Å². The third-order valence-electron chi connectivity index (χ3n) is 6.11. The van der Waals surface area contributed by atoms with Gasteiger partial charge >= 0.3 is 0 Å². The van der Waals surface area contributed by atoms with Gasteiger partial charge in [0.15, 0.2) is 0 Å². The van der Waals surface area contributed by atoms with Gasteiger partial charge in [0.1, 0.15) is 6.07 Å². The van der Waals surface area contributed by atoms with Crippen LogP contribution in [0.1, 0.15) is 53.8 Å². The zero-order valence-corrected chi connectivity index (χ0v) is 20.5. The molecule has 9 heteroatoms. The SMILES string of the molecule is CC(C)(C)c1ccc(/C=C/c2nc(C#N)c(N3CCN(C(=O)c4ccc([N+](=O)[O-])cc4)CC3)o2)cc1. The van der Waals surface area contributed by atoms with Crippen LogP contribution in [-0.4, -0.2) is 46.9 Å². The molecule has 36 heavy (non-hydrogen) atoms. The molecule has 0 unspecified atom stereocenters. The number of non-ortho nitro benzene ring substituents is 1. The van der Waals surface area contributed by atoms with Crippen LogP contribution in [0.25, 0.3) is 12.2 Å². The lowest BCUT2D eigenvalue weighted by atomic mass is 9.87. The van der Waals surface area contributed by atoms with Crippen LogP contribution in [0.4, 0.5) is 11.6 Å². The molecular formula is C27H27N5O4. The number of nitro benzene ring substituents is 1. The van der Waals surface area contributed by atoms with Gasteiger partial charge < -0.3 is 14.2 Å². The second-order valence-corrected chi connectivity index (χ2v) is 9.61. The molecule has 0 radical (unpaired) electrons. The van der Waals surface area contributed by atoms with E-state index in [1.807, 2.05) is 23.1 Å². The summed E-state index contributed by atoms with van der Waals surface area (Å²) in [5.74, 6) is 0.539. The zero-order valence-electron chi connectivity index (χ0n) is 20.5. The Morgan fingerprint density at radius 2 is 1.69 bits per heavy atom. The van der Waals surface area contributed by atoms with Crippen LogP contribution in [0.2, 0.25) is 0 Å². The molecule has 1 aromatic heterocycles. The van der Waals surface area contributed by atoms with Crippen molar-refractivity contribution in [1.29, 1.82) is 5.26 Å². The standard InChI is InChI=1S/C27H27N5O4/c1-27(2,3)21-9-4-19(5-10-21)6-13-24-29-23(18-28)26(36-24)31-16-14-30(15-17-31)25(33)20-7-11-22(12-8-20)32(34)35/h4-13H,14-17H2,1-3H3/b13-6+. The molecule has 0 saturated carbocycles. The van der Waals surface area contributed by atoms with E-state index in [-0.39, 0.29) is 22.7 Å². The Bertz CT molecular complexity index is 1320. The number of anilines is 1. The maximum Gasteiger partial charge on any atom is 0.269 e. The lowest BCUT2D eigenvalue weighted by molar-refractivity contribution is -0.384. The van der Waals surface area contributed by atoms with E-state index in [0.29, 0.717) is 43.5 Å². The molecule has 4 rings (SSSR count). The first kappa shape index (κ1) is 24.7. The van der Waals surface area contributed by atoms with Crippen molar-refractivity contribution >= 4 is 29.6 Å². The number of nitrogens with zero attached hydrogens (tertiary/aromatic N) is 5. The van der Waals surface area contributed by atoms with E-state index in [2.05, 4.69) is 44.0 Å².